The van der Waals surface area contributed by atoms with Gasteiger partial charge in [-0.25, -0.2) is 0 Å². The van der Waals surface area contributed by atoms with Crippen LogP contribution in [0.1, 0.15) is 40.5 Å². The van der Waals surface area contributed by atoms with Crippen molar-refractivity contribution < 1.29 is 24.5 Å². The van der Waals surface area contributed by atoms with Crippen molar-refractivity contribution in [3.63, 3.8) is 0 Å². The maximum absolute atomic E-state index is 13.2. The highest BCUT2D eigenvalue weighted by Crippen LogP contribution is 2.24. The number of hydrogen-bond donors (Lipinski definition) is 1. The Morgan fingerprint density at radius 3 is 2.43 bits per heavy atom. The zero-order chi connectivity index (χ0) is 20.8. The van der Waals surface area contributed by atoms with Crippen LogP contribution in [0.3, 0.4) is 0 Å². The second-order valence-electron chi connectivity index (χ2n) is 7.83. The summed E-state index contributed by atoms with van der Waals surface area (Å²) in [6, 6.07) is -0.459. The van der Waals surface area contributed by atoms with Gasteiger partial charge in [-0.15, -0.1) is 5.01 Å². The predicted octanol–water partition coefficient (Wildman–Crippen LogP) is 1.09. The van der Waals surface area contributed by atoms with Crippen molar-refractivity contribution in [3.8, 4) is 0 Å². The molecular weight excluding hydrogens is 366 g/mol. The van der Waals surface area contributed by atoms with E-state index in [2.05, 4.69) is 5.28 Å². The molecule has 4 unspecified atom stereocenters. The second-order valence-corrected chi connectivity index (χ2v) is 7.83. The van der Waals surface area contributed by atoms with Crippen molar-refractivity contribution >= 4 is 11.8 Å². The molecule has 0 radical (unpaired) electrons. The fourth-order valence-electron chi connectivity index (χ4n) is 4.00. The van der Waals surface area contributed by atoms with Crippen LogP contribution in [0.25, 0.3) is 0 Å². The molecule has 2 heterocycles. The van der Waals surface area contributed by atoms with Crippen LogP contribution in [0.2, 0.25) is 0 Å². The molecule has 10 nitrogen and oxygen atoms in total. The molecule has 2 aliphatic rings. The molecule has 0 aromatic rings. The summed E-state index contributed by atoms with van der Waals surface area (Å²) in [4.78, 5) is 29.6. The first kappa shape index (κ1) is 22.2. The number of rotatable bonds is 6. The Morgan fingerprint density at radius 1 is 1.21 bits per heavy atom. The molecule has 4 atom stereocenters. The van der Waals surface area contributed by atoms with E-state index in [1.54, 1.807) is 4.90 Å². The Kier molecular flexibility index (Phi) is 7.85. The van der Waals surface area contributed by atoms with Gasteiger partial charge in [0.2, 0.25) is 17.1 Å². The molecule has 2 rings (SSSR count). The third-order valence-corrected chi connectivity index (χ3v) is 5.76. The largest absolute Gasteiger partial charge is 0.569 e. The van der Waals surface area contributed by atoms with Crippen LogP contribution in [0.4, 0.5) is 0 Å². The van der Waals surface area contributed by atoms with E-state index < -0.39 is 0 Å². The normalized spacial score (nSPS) is 26.1. The highest BCUT2D eigenvalue weighted by atomic mass is 16.6. The third-order valence-electron chi connectivity index (χ3n) is 5.76. The molecular formula is C18H33N5O5. The van der Waals surface area contributed by atoms with Gasteiger partial charge >= 0.3 is 0 Å². The molecule has 28 heavy (non-hydrogen) atoms. The minimum absolute atomic E-state index is 0.0153. The van der Waals surface area contributed by atoms with Gasteiger partial charge < -0.3 is 25.0 Å². The van der Waals surface area contributed by atoms with Crippen molar-refractivity contribution in [2.24, 2.45) is 17.1 Å². The van der Waals surface area contributed by atoms with E-state index in [1.807, 2.05) is 32.6 Å². The van der Waals surface area contributed by atoms with Crippen molar-refractivity contribution in [3.05, 3.63) is 5.21 Å². The fourth-order valence-corrected chi connectivity index (χ4v) is 4.00. The molecule has 0 aliphatic carbocycles. The van der Waals surface area contributed by atoms with Gasteiger partial charge in [0.05, 0.1) is 30.8 Å². The summed E-state index contributed by atoms with van der Waals surface area (Å²) >= 11 is 0. The van der Waals surface area contributed by atoms with Gasteiger partial charge in [0.25, 0.3) is 0 Å². The lowest BCUT2D eigenvalue weighted by Gasteiger charge is -2.42. The lowest BCUT2D eigenvalue weighted by Crippen LogP contribution is -2.60. The standard InChI is InChI=1S/C18H33N5O5/c1-5-16(10-13(2)17(24)20-6-8-28-9-7-20)18(25)21-11-15(4)22(12-14(21)3)23(27)19-26/h13-16,26H,5-12H2,1-4H3/b23-19-. The van der Waals surface area contributed by atoms with Gasteiger partial charge in [-0.1, -0.05) is 13.8 Å². The molecule has 2 amide bonds. The number of hydrogen-bond acceptors (Lipinski definition) is 5. The monoisotopic (exact) mass is 399 g/mol. The summed E-state index contributed by atoms with van der Waals surface area (Å²) in [5.74, 6) is -0.382. The first-order valence-electron chi connectivity index (χ1n) is 10.1. The Labute approximate surface area is 166 Å². The van der Waals surface area contributed by atoms with E-state index in [-0.39, 0.29) is 40.7 Å². The van der Waals surface area contributed by atoms with Crippen LogP contribution in [0.5, 0.6) is 0 Å². The summed E-state index contributed by atoms with van der Waals surface area (Å²) < 4.78 is 5.30. The highest BCUT2D eigenvalue weighted by molar-refractivity contribution is 5.82. The number of hydrazine groups is 1. The summed E-state index contributed by atoms with van der Waals surface area (Å²) in [6.45, 7) is 10.5. The number of ether oxygens (including phenoxy) is 1. The quantitative estimate of drug-likeness (QED) is 0.406. The van der Waals surface area contributed by atoms with Gasteiger partial charge in [-0.2, -0.15) is 0 Å². The highest BCUT2D eigenvalue weighted by Gasteiger charge is 2.39. The van der Waals surface area contributed by atoms with E-state index in [9.17, 15) is 14.8 Å². The van der Waals surface area contributed by atoms with Crippen LogP contribution in [-0.4, -0.2) is 88.3 Å². The molecule has 2 aliphatic heterocycles. The zero-order valence-corrected chi connectivity index (χ0v) is 17.3. The van der Waals surface area contributed by atoms with Gasteiger partial charge in [0, 0.05) is 31.5 Å². The van der Waals surface area contributed by atoms with E-state index in [0.29, 0.717) is 52.2 Å². The van der Waals surface area contributed by atoms with E-state index in [0.717, 1.165) is 0 Å². The Hall–Kier alpha value is -2.10. The van der Waals surface area contributed by atoms with Gasteiger partial charge in [0.1, 0.15) is 6.04 Å². The SMILES string of the molecule is CCC(CC(C)C(=O)N1CCOCC1)C(=O)N1CC(C)N(/[N+]([O-])=N/O)CC1C. The lowest BCUT2D eigenvalue weighted by atomic mass is 9.90. The van der Waals surface area contributed by atoms with Crippen molar-refractivity contribution in [2.45, 2.75) is 52.6 Å². The van der Waals surface area contributed by atoms with E-state index in [1.165, 1.54) is 5.01 Å². The minimum Gasteiger partial charge on any atom is -0.569 e. The molecule has 0 bridgehead atoms. The summed E-state index contributed by atoms with van der Waals surface area (Å²) in [5, 5.41) is 24.4. The van der Waals surface area contributed by atoms with Crippen molar-refractivity contribution in [1.29, 1.82) is 0 Å². The summed E-state index contributed by atoms with van der Waals surface area (Å²) in [5.41, 5.74) is 0. The molecule has 0 spiro atoms. The number of piperazine rings is 1. The fraction of sp³-hybridized carbons (Fsp3) is 0.889. The lowest BCUT2D eigenvalue weighted by molar-refractivity contribution is -0.719. The summed E-state index contributed by atoms with van der Waals surface area (Å²) in [6.07, 6.45) is 1.16. The smallest absolute Gasteiger partial charge is 0.230 e. The Morgan fingerprint density at radius 2 is 1.86 bits per heavy atom. The molecule has 2 saturated heterocycles. The number of carbonyl (C=O) groups excluding carboxylic acids is 2. The Bertz CT molecular complexity index is 581. The van der Waals surface area contributed by atoms with Crippen LogP contribution in [0, 0.1) is 17.0 Å². The van der Waals surface area contributed by atoms with Crippen molar-refractivity contribution in [1.82, 2.24) is 14.8 Å². The first-order valence-corrected chi connectivity index (χ1v) is 10.1. The first-order chi connectivity index (χ1) is 13.3. The molecule has 0 aromatic heterocycles. The Balaban J connectivity index is 1.99. The molecule has 160 valence electrons. The minimum atomic E-state index is -0.265. The zero-order valence-electron chi connectivity index (χ0n) is 17.3. The average Bonchev–Trinajstić information content (AvgIpc) is 2.72. The van der Waals surface area contributed by atoms with Gasteiger partial charge in [-0.3, -0.25) is 9.59 Å². The van der Waals surface area contributed by atoms with E-state index in [4.69, 9.17) is 9.94 Å². The van der Waals surface area contributed by atoms with Gasteiger partial charge in [0.15, 0.2) is 0 Å². The number of nitrogens with zero attached hydrogens (tertiary/aromatic N) is 5. The van der Waals surface area contributed by atoms with Crippen LogP contribution >= 0.6 is 0 Å². The van der Waals surface area contributed by atoms with Crippen LogP contribution < -0.4 is 0 Å². The second kappa shape index (κ2) is 9.90. The van der Waals surface area contributed by atoms with Crippen molar-refractivity contribution in [2.75, 3.05) is 39.4 Å². The number of carbonyl (C=O) groups is 2. The maximum atomic E-state index is 13.2. The third kappa shape index (κ3) is 5.03. The topological polar surface area (TPSA) is 112 Å². The molecule has 10 heteroatoms. The molecule has 0 saturated carbocycles. The molecule has 0 aromatic carbocycles. The van der Waals surface area contributed by atoms with Gasteiger partial charge in [-0.05, 0) is 26.7 Å². The molecule has 1 N–H and O–H groups in total. The average molecular weight is 399 g/mol. The van der Waals surface area contributed by atoms with E-state index >= 15 is 0 Å². The predicted molar refractivity (Wildman–Crippen MR) is 100 cm³/mol. The number of morpholine rings is 1. The van der Waals surface area contributed by atoms with Crippen LogP contribution in [-0.2, 0) is 14.3 Å². The molecule has 2 fully saturated rings. The number of amides is 2. The summed E-state index contributed by atoms with van der Waals surface area (Å²) in [7, 11) is 0. The maximum Gasteiger partial charge on any atom is 0.230 e. The van der Waals surface area contributed by atoms with Crippen LogP contribution in [0.15, 0.2) is 5.28 Å².